The van der Waals surface area contributed by atoms with Gasteiger partial charge in [-0.1, -0.05) is 11.6 Å². The Labute approximate surface area is 181 Å². The molecule has 2 N–H and O–H groups in total. The first-order valence-electron chi connectivity index (χ1n) is 9.63. The number of alkyl halides is 3. The summed E-state index contributed by atoms with van der Waals surface area (Å²) in [6.45, 7) is 0. The van der Waals surface area contributed by atoms with Crippen LogP contribution in [0.25, 0.3) is 0 Å². The summed E-state index contributed by atoms with van der Waals surface area (Å²) in [5, 5.41) is 12.3. The van der Waals surface area contributed by atoms with Gasteiger partial charge in [0.25, 0.3) is 0 Å². The molecule has 1 amide bonds. The number of halogens is 4. The van der Waals surface area contributed by atoms with Gasteiger partial charge in [-0.3, -0.25) is 4.79 Å². The van der Waals surface area contributed by atoms with Crippen molar-refractivity contribution in [2.45, 2.75) is 43.8 Å². The van der Waals surface area contributed by atoms with E-state index in [1.807, 2.05) is 0 Å². The number of amides is 1. The van der Waals surface area contributed by atoms with Gasteiger partial charge in [0.1, 0.15) is 0 Å². The summed E-state index contributed by atoms with van der Waals surface area (Å²) in [6, 6.07) is 6.55. The van der Waals surface area contributed by atoms with E-state index in [0.717, 1.165) is 17.7 Å². The van der Waals surface area contributed by atoms with Crippen LogP contribution in [-0.4, -0.2) is 41.4 Å². The van der Waals surface area contributed by atoms with E-state index in [0.29, 0.717) is 18.7 Å². The second kappa shape index (κ2) is 7.96. The van der Waals surface area contributed by atoms with Crippen LogP contribution >= 0.6 is 11.6 Å². The smallest absolute Gasteiger partial charge is 0.417 e. The zero-order chi connectivity index (χ0) is 22.4. The van der Waals surface area contributed by atoms with Crippen molar-refractivity contribution in [3.05, 3.63) is 52.7 Å². The Morgan fingerprint density at radius 3 is 2.74 bits per heavy atom. The molecule has 2 fully saturated rings. The van der Waals surface area contributed by atoms with Gasteiger partial charge in [0, 0.05) is 24.4 Å². The summed E-state index contributed by atoms with van der Waals surface area (Å²) in [5.41, 5.74) is -1.04. The average Bonchev–Trinajstić information content (AvgIpc) is 3.24. The molecule has 2 aromatic rings. The zero-order valence-corrected chi connectivity index (χ0v) is 17.2. The predicted octanol–water partition coefficient (Wildman–Crippen LogP) is 3.85. The number of ether oxygens (including phenoxy) is 2. The SMILES string of the molecule is COc1cc(C[C@]2(C(=O)Nc3ccc(C(F)(F)F)c(Cl)c3)C[C@H]3O[C@@H]2C[C@@H]3O)ccn1. The molecule has 1 aromatic heterocycles. The number of methoxy groups -OCH3 is 1. The first kappa shape index (κ1) is 21.9. The zero-order valence-electron chi connectivity index (χ0n) is 16.4. The fraction of sp³-hybridized carbons (Fsp3) is 0.429. The molecule has 2 saturated heterocycles. The molecule has 0 saturated carbocycles. The van der Waals surface area contributed by atoms with Crippen molar-refractivity contribution in [1.82, 2.24) is 4.98 Å². The van der Waals surface area contributed by atoms with Crippen LogP contribution in [0, 0.1) is 5.41 Å². The van der Waals surface area contributed by atoms with Crippen LogP contribution in [0.4, 0.5) is 18.9 Å². The van der Waals surface area contributed by atoms with Gasteiger partial charge >= 0.3 is 6.18 Å². The second-order valence-electron chi connectivity index (χ2n) is 7.86. The molecule has 0 unspecified atom stereocenters. The summed E-state index contributed by atoms with van der Waals surface area (Å²) >= 11 is 5.79. The van der Waals surface area contributed by atoms with E-state index in [9.17, 15) is 23.1 Å². The first-order valence-corrected chi connectivity index (χ1v) is 10.0. The third-order valence-electron chi connectivity index (χ3n) is 5.92. The summed E-state index contributed by atoms with van der Waals surface area (Å²) in [6.07, 6.45) is -3.81. The molecule has 10 heteroatoms. The van der Waals surface area contributed by atoms with Gasteiger partial charge in [0.05, 0.1) is 41.4 Å². The molecule has 2 aliphatic rings. The molecule has 166 valence electrons. The van der Waals surface area contributed by atoms with E-state index in [4.69, 9.17) is 21.1 Å². The lowest BCUT2D eigenvalue weighted by molar-refractivity contribution is -0.137. The van der Waals surface area contributed by atoms with Gasteiger partial charge in [0.15, 0.2) is 0 Å². The van der Waals surface area contributed by atoms with Crippen LogP contribution < -0.4 is 10.1 Å². The van der Waals surface area contributed by atoms with Crippen molar-refractivity contribution in [3.8, 4) is 5.88 Å². The molecule has 0 spiro atoms. The molecule has 3 heterocycles. The van der Waals surface area contributed by atoms with Crippen molar-refractivity contribution in [2.75, 3.05) is 12.4 Å². The van der Waals surface area contributed by atoms with E-state index in [1.165, 1.54) is 13.2 Å². The molecule has 0 aliphatic carbocycles. The minimum absolute atomic E-state index is 0.151. The minimum atomic E-state index is -4.59. The first-order chi connectivity index (χ1) is 14.6. The molecule has 2 aliphatic heterocycles. The summed E-state index contributed by atoms with van der Waals surface area (Å²) in [4.78, 5) is 17.5. The van der Waals surface area contributed by atoms with Crippen LogP contribution in [0.15, 0.2) is 36.5 Å². The number of fused-ring (bicyclic) bond motifs is 2. The quantitative estimate of drug-likeness (QED) is 0.714. The highest BCUT2D eigenvalue weighted by Gasteiger charge is 2.60. The van der Waals surface area contributed by atoms with Gasteiger partial charge in [-0.2, -0.15) is 13.2 Å². The average molecular weight is 457 g/mol. The van der Waals surface area contributed by atoms with Crippen molar-refractivity contribution < 1.29 is 32.5 Å². The summed E-state index contributed by atoms with van der Waals surface area (Å²) < 4.78 is 49.9. The van der Waals surface area contributed by atoms with Crippen molar-refractivity contribution in [2.24, 2.45) is 5.41 Å². The van der Waals surface area contributed by atoms with E-state index in [-0.39, 0.29) is 12.1 Å². The fourth-order valence-corrected chi connectivity index (χ4v) is 4.67. The molecule has 31 heavy (non-hydrogen) atoms. The van der Waals surface area contributed by atoms with Crippen LogP contribution in [-0.2, 0) is 22.1 Å². The highest BCUT2D eigenvalue weighted by molar-refractivity contribution is 6.31. The second-order valence-corrected chi connectivity index (χ2v) is 8.26. The number of carbonyl (C=O) groups excluding carboxylic acids is 1. The topological polar surface area (TPSA) is 80.7 Å². The van der Waals surface area contributed by atoms with Gasteiger partial charge in [0.2, 0.25) is 11.8 Å². The summed E-state index contributed by atoms with van der Waals surface area (Å²) in [7, 11) is 1.49. The number of anilines is 1. The highest BCUT2D eigenvalue weighted by atomic mass is 35.5. The maximum absolute atomic E-state index is 13.4. The number of hydrogen-bond donors (Lipinski definition) is 2. The Balaban J connectivity index is 1.62. The lowest BCUT2D eigenvalue weighted by atomic mass is 9.68. The molecule has 4 rings (SSSR count). The maximum atomic E-state index is 13.4. The number of hydrogen-bond acceptors (Lipinski definition) is 5. The normalized spacial score (nSPS) is 27.4. The Kier molecular flexibility index (Phi) is 5.61. The van der Waals surface area contributed by atoms with E-state index in [1.54, 1.807) is 18.3 Å². The fourth-order valence-electron chi connectivity index (χ4n) is 4.38. The molecule has 2 bridgehead atoms. The Hall–Kier alpha value is -2.36. The molecule has 0 radical (unpaired) electrons. The molecule has 6 nitrogen and oxygen atoms in total. The number of carbonyl (C=O) groups is 1. The van der Waals surface area contributed by atoms with Crippen LogP contribution in [0.5, 0.6) is 5.88 Å². The lowest BCUT2D eigenvalue weighted by Gasteiger charge is -2.35. The van der Waals surface area contributed by atoms with Crippen LogP contribution in [0.1, 0.15) is 24.0 Å². The monoisotopic (exact) mass is 456 g/mol. The number of rotatable bonds is 5. The largest absolute Gasteiger partial charge is 0.481 e. The highest BCUT2D eigenvalue weighted by Crippen LogP contribution is 2.50. The number of benzene rings is 1. The van der Waals surface area contributed by atoms with E-state index in [2.05, 4.69) is 10.3 Å². The molecule has 4 atom stereocenters. The molecular weight excluding hydrogens is 437 g/mol. The number of pyridine rings is 1. The van der Waals surface area contributed by atoms with Crippen LogP contribution in [0.2, 0.25) is 5.02 Å². The van der Waals surface area contributed by atoms with E-state index >= 15 is 0 Å². The number of aromatic nitrogens is 1. The third kappa shape index (κ3) is 4.09. The third-order valence-corrected chi connectivity index (χ3v) is 6.23. The lowest BCUT2D eigenvalue weighted by Crippen LogP contribution is -2.48. The minimum Gasteiger partial charge on any atom is -0.481 e. The predicted molar refractivity (Wildman–Crippen MR) is 106 cm³/mol. The van der Waals surface area contributed by atoms with Crippen LogP contribution in [0.3, 0.4) is 0 Å². The maximum Gasteiger partial charge on any atom is 0.417 e. The number of aliphatic hydroxyl groups is 1. The number of nitrogens with zero attached hydrogens (tertiary/aromatic N) is 1. The van der Waals surface area contributed by atoms with Crippen molar-refractivity contribution >= 4 is 23.2 Å². The summed E-state index contributed by atoms with van der Waals surface area (Å²) in [5.74, 6) is -0.00908. The Bertz CT molecular complexity index is 1000. The number of nitrogens with one attached hydrogen (secondary N) is 1. The van der Waals surface area contributed by atoms with E-state index < -0.39 is 46.4 Å². The molecular formula is C21H20ClF3N2O4. The van der Waals surface area contributed by atoms with Crippen molar-refractivity contribution in [1.29, 1.82) is 0 Å². The molecule has 1 aromatic carbocycles. The van der Waals surface area contributed by atoms with Gasteiger partial charge in [-0.25, -0.2) is 4.98 Å². The number of aliphatic hydroxyl groups excluding tert-OH is 1. The van der Waals surface area contributed by atoms with Gasteiger partial charge in [-0.15, -0.1) is 0 Å². The van der Waals surface area contributed by atoms with Gasteiger partial charge in [-0.05, 0) is 42.7 Å². The Morgan fingerprint density at radius 1 is 1.39 bits per heavy atom. The standard InChI is InChI=1S/C21H20ClF3N2O4/c1-30-18-6-11(4-5-26-18)9-20(10-16-15(28)8-17(20)31-16)19(29)27-12-2-3-13(14(22)7-12)21(23,24)25/h2-7,15-17,28H,8-10H2,1H3,(H,27,29)/t15-,16+,17+,20-/m0/s1. The Morgan fingerprint density at radius 2 is 2.16 bits per heavy atom. The van der Waals surface area contributed by atoms with Crippen molar-refractivity contribution in [3.63, 3.8) is 0 Å². The van der Waals surface area contributed by atoms with Gasteiger partial charge < -0.3 is 19.9 Å².